The van der Waals surface area contributed by atoms with E-state index >= 15 is 0 Å². The van der Waals surface area contributed by atoms with Gasteiger partial charge in [0, 0.05) is 24.3 Å². The van der Waals surface area contributed by atoms with E-state index in [0.717, 1.165) is 29.7 Å². The number of nitrogens with zero attached hydrogens (tertiary/aromatic N) is 2. The second-order valence-electron chi connectivity index (χ2n) is 8.86. The lowest BCUT2D eigenvalue weighted by molar-refractivity contribution is 0.0495. The summed E-state index contributed by atoms with van der Waals surface area (Å²) in [6.07, 6.45) is 1.91. The number of carbonyl (C=O) groups excluding carboxylic acids is 1. The summed E-state index contributed by atoms with van der Waals surface area (Å²) < 4.78 is 12.0. The SMILES string of the molecule is O=C1c2[nH]nc(-c3ccccc3O)c2C(c2cccc(Oc3ccccc3)c2)N1CC1CCCO1. The highest BCUT2D eigenvalue weighted by atomic mass is 16.5. The molecule has 2 unspecified atom stereocenters. The number of aromatic nitrogens is 2. The quantitative estimate of drug-likeness (QED) is 0.402. The van der Waals surface area contributed by atoms with Gasteiger partial charge >= 0.3 is 0 Å². The number of aromatic hydroxyl groups is 1. The third-order valence-corrected chi connectivity index (χ3v) is 6.60. The fraction of sp³-hybridized carbons (Fsp3) is 0.214. The molecule has 3 heterocycles. The number of amides is 1. The third kappa shape index (κ3) is 3.94. The molecule has 176 valence electrons. The Morgan fingerprint density at radius 2 is 1.83 bits per heavy atom. The minimum Gasteiger partial charge on any atom is -0.507 e. The van der Waals surface area contributed by atoms with Gasteiger partial charge in [-0.2, -0.15) is 5.10 Å². The highest BCUT2D eigenvalue weighted by Crippen LogP contribution is 2.45. The molecule has 2 N–H and O–H groups in total. The molecule has 35 heavy (non-hydrogen) atoms. The van der Waals surface area contributed by atoms with E-state index in [1.807, 2.05) is 71.6 Å². The second kappa shape index (κ2) is 8.92. The van der Waals surface area contributed by atoms with Crippen LogP contribution in [-0.2, 0) is 4.74 Å². The first-order valence-corrected chi connectivity index (χ1v) is 11.8. The Hall–Kier alpha value is -4.10. The molecule has 3 aromatic carbocycles. The summed E-state index contributed by atoms with van der Waals surface area (Å²) in [5.41, 5.74) is 3.26. The van der Waals surface area contributed by atoms with E-state index in [9.17, 15) is 9.90 Å². The molecule has 2 aliphatic heterocycles. The maximum absolute atomic E-state index is 13.6. The van der Waals surface area contributed by atoms with Crippen LogP contribution in [0.25, 0.3) is 11.3 Å². The van der Waals surface area contributed by atoms with Gasteiger partial charge in [0.15, 0.2) is 0 Å². The highest BCUT2D eigenvalue weighted by molar-refractivity contribution is 6.00. The number of ether oxygens (including phenoxy) is 2. The molecule has 1 aromatic heterocycles. The van der Waals surface area contributed by atoms with Crippen LogP contribution >= 0.6 is 0 Å². The number of carbonyl (C=O) groups is 1. The van der Waals surface area contributed by atoms with Gasteiger partial charge in [-0.3, -0.25) is 9.89 Å². The van der Waals surface area contributed by atoms with Gasteiger partial charge in [0.1, 0.15) is 28.6 Å². The molecule has 0 spiro atoms. The minimum absolute atomic E-state index is 0.00394. The number of para-hydroxylation sites is 2. The largest absolute Gasteiger partial charge is 0.507 e. The van der Waals surface area contributed by atoms with Crippen molar-refractivity contribution < 1.29 is 19.4 Å². The van der Waals surface area contributed by atoms with Crippen LogP contribution in [0.5, 0.6) is 17.2 Å². The van der Waals surface area contributed by atoms with Crippen molar-refractivity contribution in [2.24, 2.45) is 0 Å². The number of benzene rings is 3. The Balaban J connectivity index is 1.44. The fourth-order valence-electron chi connectivity index (χ4n) is 4.99. The van der Waals surface area contributed by atoms with Gasteiger partial charge in [-0.05, 0) is 54.8 Å². The molecular formula is C28H25N3O4. The molecule has 7 nitrogen and oxygen atoms in total. The van der Waals surface area contributed by atoms with Crippen LogP contribution in [0.2, 0.25) is 0 Å². The van der Waals surface area contributed by atoms with E-state index in [1.165, 1.54) is 0 Å². The number of rotatable bonds is 6. The van der Waals surface area contributed by atoms with Crippen molar-refractivity contribution in [3.63, 3.8) is 0 Å². The molecule has 0 radical (unpaired) electrons. The van der Waals surface area contributed by atoms with Crippen LogP contribution in [0.15, 0.2) is 78.9 Å². The third-order valence-electron chi connectivity index (χ3n) is 6.60. The van der Waals surface area contributed by atoms with E-state index in [0.29, 0.717) is 35.9 Å². The second-order valence-corrected chi connectivity index (χ2v) is 8.86. The molecule has 0 bridgehead atoms. The first-order valence-electron chi connectivity index (χ1n) is 11.8. The van der Waals surface area contributed by atoms with E-state index in [4.69, 9.17) is 9.47 Å². The van der Waals surface area contributed by atoms with Crippen molar-refractivity contribution in [3.8, 4) is 28.5 Å². The Kier molecular flexibility index (Phi) is 5.47. The zero-order chi connectivity index (χ0) is 23.8. The lowest BCUT2D eigenvalue weighted by atomic mass is 9.95. The van der Waals surface area contributed by atoms with Gasteiger partial charge < -0.3 is 19.5 Å². The van der Waals surface area contributed by atoms with Crippen molar-refractivity contribution in [2.75, 3.05) is 13.2 Å². The predicted molar refractivity (Wildman–Crippen MR) is 130 cm³/mol. The molecule has 2 aliphatic rings. The van der Waals surface area contributed by atoms with Gasteiger partial charge in [-0.25, -0.2) is 0 Å². The van der Waals surface area contributed by atoms with E-state index in [-0.39, 0.29) is 17.8 Å². The van der Waals surface area contributed by atoms with Crippen LogP contribution in [0.3, 0.4) is 0 Å². The summed E-state index contributed by atoms with van der Waals surface area (Å²) in [5, 5.41) is 18.0. The van der Waals surface area contributed by atoms with Crippen molar-refractivity contribution in [1.82, 2.24) is 15.1 Å². The van der Waals surface area contributed by atoms with Gasteiger partial charge in [-0.1, -0.05) is 42.5 Å². The molecule has 7 heteroatoms. The van der Waals surface area contributed by atoms with Gasteiger partial charge in [0.25, 0.3) is 5.91 Å². The zero-order valence-corrected chi connectivity index (χ0v) is 19.1. The van der Waals surface area contributed by atoms with E-state index in [2.05, 4.69) is 10.2 Å². The maximum Gasteiger partial charge on any atom is 0.273 e. The van der Waals surface area contributed by atoms with E-state index in [1.54, 1.807) is 12.1 Å². The first kappa shape index (κ1) is 21.4. The molecule has 0 saturated carbocycles. The van der Waals surface area contributed by atoms with E-state index < -0.39 is 6.04 Å². The number of phenolic OH excluding ortho intramolecular Hbond substituents is 1. The Bertz CT molecular complexity index is 1360. The van der Waals surface area contributed by atoms with Crippen LogP contribution < -0.4 is 4.74 Å². The summed E-state index contributed by atoms with van der Waals surface area (Å²) in [5.74, 6) is 1.41. The standard InChI is InChI=1S/C28H25N3O4/c32-23-14-5-4-13-22(23)25-24-26(30-29-25)28(33)31(17-21-12-7-15-34-21)27(24)18-8-6-11-20(16-18)35-19-9-2-1-3-10-19/h1-6,8-11,13-14,16,21,27,32H,7,12,15,17H2,(H,29,30). The molecule has 1 amide bonds. The van der Waals surface area contributed by atoms with Crippen molar-refractivity contribution in [2.45, 2.75) is 25.0 Å². The summed E-state index contributed by atoms with van der Waals surface area (Å²) >= 11 is 0. The number of hydrogen-bond acceptors (Lipinski definition) is 5. The van der Waals surface area contributed by atoms with Gasteiger partial charge in [0.05, 0.1) is 12.1 Å². The van der Waals surface area contributed by atoms with Crippen LogP contribution in [0, 0.1) is 0 Å². The van der Waals surface area contributed by atoms with Crippen LogP contribution in [-0.4, -0.2) is 45.4 Å². The number of H-pyrrole nitrogens is 1. The summed E-state index contributed by atoms with van der Waals surface area (Å²) in [4.78, 5) is 15.4. The van der Waals surface area contributed by atoms with Gasteiger partial charge in [0.2, 0.25) is 0 Å². The number of phenols is 1. The predicted octanol–water partition coefficient (Wildman–Crippen LogP) is 5.30. The first-order chi connectivity index (χ1) is 17.2. The number of fused-ring (bicyclic) bond motifs is 1. The Labute approximate surface area is 202 Å². The van der Waals surface area contributed by atoms with Gasteiger partial charge in [-0.15, -0.1) is 0 Å². The van der Waals surface area contributed by atoms with Crippen LogP contribution in [0.4, 0.5) is 0 Å². The highest BCUT2D eigenvalue weighted by Gasteiger charge is 2.43. The average molecular weight is 468 g/mol. The summed E-state index contributed by atoms with van der Waals surface area (Å²) in [7, 11) is 0. The molecule has 0 aliphatic carbocycles. The summed E-state index contributed by atoms with van der Waals surface area (Å²) in [6.45, 7) is 1.20. The minimum atomic E-state index is -0.394. The molecule has 2 atom stereocenters. The Morgan fingerprint density at radius 3 is 2.63 bits per heavy atom. The number of nitrogens with one attached hydrogen (secondary N) is 1. The lowest BCUT2D eigenvalue weighted by Crippen LogP contribution is -2.36. The monoisotopic (exact) mass is 467 g/mol. The smallest absolute Gasteiger partial charge is 0.273 e. The number of hydrogen-bond donors (Lipinski definition) is 2. The summed E-state index contributed by atoms with van der Waals surface area (Å²) in [6, 6.07) is 24.0. The zero-order valence-electron chi connectivity index (χ0n) is 19.1. The molecule has 4 aromatic rings. The fourth-order valence-corrected chi connectivity index (χ4v) is 4.99. The average Bonchev–Trinajstić information content (AvgIpc) is 3.60. The molecular weight excluding hydrogens is 442 g/mol. The lowest BCUT2D eigenvalue weighted by Gasteiger charge is -2.28. The van der Waals surface area contributed by atoms with Crippen molar-refractivity contribution >= 4 is 5.91 Å². The maximum atomic E-state index is 13.6. The molecule has 6 rings (SSSR count). The van der Waals surface area contributed by atoms with Crippen molar-refractivity contribution in [3.05, 3.63) is 95.7 Å². The molecule has 1 fully saturated rings. The number of aromatic amines is 1. The van der Waals surface area contributed by atoms with Crippen LogP contribution in [0.1, 0.15) is 40.5 Å². The Morgan fingerprint density at radius 1 is 1.03 bits per heavy atom. The molecule has 1 saturated heterocycles. The van der Waals surface area contributed by atoms with Crippen molar-refractivity contribution in [1.29, 1.82) is 0 Å². The normalized spacial score (nSPS) is 19.2. The topological polar surface area (TPSA) is 87.7 Å².